The summed E-state index contributed by atoms with van der Waals surface area (Å²) < 4.78 is 2.05. The Morgan fingerprint density at radius 2 is 2.20 bits per heavy atom. The van der Waals surface area contributed by atoms with E-state index in [4.69, 9.17) is 0 Å². The summed E-state index contributed by atoms with van der Waals surface area (Å²) >= 11 is 0. The standard InChI is InChI=1S/C16H28N4/c1-13-11-19-20(12-13)10-9-18-15-6-3-2-5-14(15)16-7-4-8-17-16/h11-12,14-18H,2-10H2,1H3. The maximum Gasteiger partial charge on any atom is 0.0534 e. The van der Waals surface area contributed by atoms with Crippen LogP contribution >= 0.6 is 0 Å². The van der Waals surface area contributed by atoms with Crippen LogP contribution < -0.4 is 10.6 Å². The highest BCUT2D eigenvalue weighted by molar-refractivity contribution is 4.99. The summed E-state index contributed by atoms with van der Waals surface area (Å²) in [7, 11) is 0. The molecule has 0 amide bonds. The fraction of sp³-hybridized carbons (Fsp3) is 0.812. The largest absolute Gasteiger partial charge is 0.314 e. The Balaban J connectivity index is 1.49. The topological polar surface area (TPSA) is 41.9 Å². The van der Waals surface area contributed by atoms with Crippen LogP contribution in [0, 0.1) is 12.8 Å². The van der Waals surface area contributed by atoms with Gasteiger partial charge in [-0.05, 0) is 50.6 Å². The van der Waals surface area contributed by atoms with Crippen molar-refractivity contribution >= 4 is 0 Å². The van der Waals surface area contributed by atoms with Gasteiger partial charge >= 0.3 is 0 Å². The van der Waals surface area contributed by atoms with Gasteiger partial charge in [0, 0.05) is 24.8 Å². The van der Waals surface area contributed by atoms with Crippen molar-refractivity contribution in [2.45, 2.75) is 64.1 Å². The molecule has 0 spiro atoms. The molecule has 3 atom stereocenters. The lowest BCUT2D eigenvalue weighted by Crippen LogP contribution is -2.47. The van der Waals surface area contributed by atoms with E-state index in [1.54, 1.807) is 0 Å². The van der Waals surface area contributed by atoms with Crippen LogP contribution in [0.25, 0.3) is 0 Å². The highest BCUT2D eigenvalue weighted by Crippen LogP contribution is 2.30. The number of aromatic nitrogens is 2. The SMILES string of the molecule is Cc1cnn(CCNC2CCCCC2C2CCCN2)c1. The van der Waals surface area contributed by atoms with Gasteiger partial charge in [0.15, 0.2) is 0 Å². The predicted molar refractivity (Wildman–Crippen MR) is 81.7 cm³/mol. The van der Waals surface area contributed by atoms with E-state index >= 15 is 0 Å². The van der Waals surface area contributed by atoms with E-state index in [9.17, 15) is 0 Å². The fourth-order valence-electron chi connectivity index (χ4n) is 3.93. The lowest BCUT2D eigenvalue weighted by molar-refractivity contribution is 0.213. The van der Waals surface area contributed by atoms with Gasteiger partial charge in [-0.1, -0.05) is 12.8 Å². The maximum atomic E-state index is 4.36. The normalized spacial score (nSPS) is 30.8. The Bertz CT molecular complexity index is 408. The summed E-state index contributed by atoms with van der Waals surface area (Å²) in [5.41, 5.74) is 1.25. The van der Waals surface area contributed by atoms with Crippen molar-refractivity contribution in [1.29, 1.82) is 0 Å². The Kier molecular flexibility index (Phi) is 4.73. The van der Waals surface area contributed by atoms with E-state index in [0.29, 0.717) is 6.04 Å². The zero-order valence-corrected chi connectivity index (χ0v) is 12.6. The van der Waals surface area contributed by atoms with Crippen LogP contribution in [0.3, 0.4) is 0 Å². The predicted octanol–water partition coefficient (Wildman–Crippen LogP) is 2.09. The molecule has 1 aliphatic heterocycles. The Morgan fingerprint density at radius 3 is 2.95 bits per heavy atom. The summed E-state index contributed by atoms with van der Waals surface area (Å²) in [5.74, 6) is 0.839. The molecule has 2 aliphatic rings. The first-order chi connectivity index (χ1) is 9.83. The molecule has 3 rings (SSSR count). The minimum Gasteiger partial charge on any atom is -0.314 e. The molecule has 1 saturated carbocycles. The molecule has 112 valence electrons. The molecule has 1 saturated heterocycles. The molecule has 4 heteroatoms. The molecule has 0 bridgehead atoms. The highest BCUT2D eigenvalue weighted by Gasteiger charge is 2.32. The minimum atomic E-state index is 0.705. The van der Waals surface area contributed by atoms with E-state index < -0.39 is 0 Å². The van der Waals surface area contributed by atoms with Crippen molar-refractivity contribution < 1.29 is 0 Å². The van der Waals surface area contributed by atoms with Crippen molar-refractivity contribution in [2.24, 2.45) is 5.92 Å². The molecule has 1 aliphatic carbocycles. The number of rotatable bonds is 5. The molecular formula is C16H28N4. The number of hydrogen-bond acceptors (Lipinski definition) is 3. The quantitative estimate of drug-likeness (QED) is 0.865. The zero-order chi connectivity index (χ0) is 13.8. The molecule has 20 heavy (non-hydrogen) atoms. The van der Waals surface area contributed by atoms with E-state index in [-0.39, 0.29) is 0 Å². The zero-order valence-electron chi connectivity index (χ0n) is 12.6. The van der Waals surface area contributed by atoms with Crippen LogP contribution in [0.5, 0.6) is 0 Å². The molecular weight excluding hydrogens is 248 g/mol. The number of nitrogens with zero attached hydrogens (tertiary/aromatic N) is 2. The van der Waals surface area contributed by atoms with Crippen molar-refractivity contribution in [1.82, 2.24) is 20.4 Å². The van der Waals surface area contributed by atoms with Crippen LogP contribution in [0.2, 0.25) is 0 Å². The molecule has 0 radical (unpaired) electrons. The molecule has 2 heterocycles. The Morgan fingerprint density at radius 1 is 1.30 bits per heavy atom. The molecule has 2 fully saturated rings. The monoisotopic (exact) mass is 276 g/mol. The van der Waals surface area contributed by atoms with Gasteiger partial charge in [0.2, 0.25) is 0 Å². The average Bonchev–Trinajstić information content (AvgIpc) is 3.11. The second kappa shape index (κ2) is 6.72. The third-order valence-electron chi connectivity index (χ3n) is 4.94. The smallest absolute Gasteiger partial charge is 0.0534 e. The fourth-order valence-corrected chi connectivity index (χ4v) is 3.93. The van der Waals surface area contributed by atoms with Gasteiger partial charge in [0.1, 0.15) is 0 Å². The van der Waals surface area contributed by atoms with Gasteiger partial charge < -0.3 is 10.6 Å². The van der Waals surface area contributed by atoms with Gasteiger partial charge in [0.25, 0.3) is 0 Å². The summed E-state index contributed by atoms with van der Waals surface area (Å²) in [4.78, 5) is 0. The molecule has 3 unspecified atom stereocenters. The number of aryl methyl sites for hydroxylation is 1. The second-order valence-electron chi connectivity index (χ2n) is 6.49. The maximum absolute atomic E-state index is 4.36. The van der Waals surface area contributed by atoms with Gasteiger partial charge in [0.05, 0.1) is 12.7 Å². The van der Waals surface area contributed by atoms with Gasteiger partial charge in [-0.2, -0.15) is 5.10 Å². The third kappa shape index (κ3) is 3.41. The first-order valence-corrected chi connectivity index (χ1v) is 8.29. The van der Waals surface area contributed by atoms with Crippen LogP contribution in [0.4, 0.5) is 0 Å². The van der Waals surface area contributed by atoms with Crippen LogP contribution in [-0.2, 0) is 6.54 Å². The first-order valence-electron chi connectivity index (χ1n) is 8.29. The summed E-state index contributed by atoms with van der Waals surface area (Å²) in [6.07, 6.45) is 12.4. The first kappa shape index (κ1) is 14.1. The minimum absolute atomic E-state index is 0.705. The van der Waals surface area contributed by atoms with Crippen molar-refractivity contribution in [3.8, 4) is 0 Å². The molecule has 4 nitrogen and oxygen atoms in total. The van der Waals surface area contributed by atoms with E-state index in [1.165, 1.54) is 50.6 Å². The second-order valence-corrected chi connectivity index (χ2v) is 6.49. The third-order valence-corrected chi connectivity index (χ3v) is 4.94. The average molecular weight is 276 g/mol. The van der Waals surface area contributed by atoms with E-state index in [2.05, 4.69) is 28.9 Å². The Hall–Kier alpha value is -0.870. The van der Waals surface area contributed by atoms with Crippen molar-refractivity contribution in [3.63, 3.8) is 0 Å². The number of nitrogens with one attached hydrogen (secondary N) is 2. The molecule has 2 N–H and O–H groups in total. The van der Waals surface area contributed by atoms with Gasteiger partial charge in [-0.15, -0.1) is 0 Å². The van der Waals surface area contributed by atoms with Crippen molar-refractivity contribution in [3.05, 3.63) is 18.0 Å². The van der Waals surface area contributed by atoms with Crippen LogP contribution in [-0.4, -0.2) is 35.0 Å². The number of hydrogen-bond donors (Lipinski definition) is 2. The van der Waals surface area contributed by atoms with Crippen molar-refractivity contribution in [2.75, 3.05) is 13.1 Å². The Labute approximate surface area is 122 Å². The van der Waals surface area contributed by atoms with Crippen LogP contribution in [0.1, 0.15) is 44.1 Å². The highest BCUT2D eigenvalue weighted by atomic mass is 15.3. The molecule has 0 aromatic carbocycles. The van der Waals surface area contributed by atoms with E-state index in [1.807, 2.05) is 10.9 Å². The van der Waals surface area contributed by atoms with E-state index in [0.717, 1.165) is 25.0 Å². The molecule has 1 aromatic heterocycles. The lowest BCUT2D eigenvalue weighted by Gasteiger charge is -2.36. The summed E-state index contributed by atoms with van der Waals surface area (Å²) in [6, 6.07) is 1.47. The van der Waals surface area contributed by atoms with Gasteiger partial charge in [-0.25, -0.2) is 0 Å². The molecule has 1 aromatic rings. The van der Waals surface area contributed by atoms with Gasteiger partial charge in [-0.3, -0.25) is 4.68 Å². The van der Waals surface area contributed by atoms with Crippen LogP contribution in [0.15, 0.2) is 12.4 Å². The lowest BCUT2D eigenvalue weighted by atomic mass is 9.79. The summed E-state index contributed by atoms with van der Waals surface area (Å²) in [5, 5.41) is 11.9. The summed E-state index contributed by atoms with van der Waals surface area (Å²) in [6.45, 7) is 5.34.